The second kappa shape index (κ2) is 5.46. The molecule has 114 valence electrons. The Bertz CT molecular complexity index is 769. The van der Waals surface area contributed by atoms with E-state index in [0.29, 0.717) is 35.7 Å². The quantitative estimate of drug-likeness (QED) is 0.918. The van der Waals surface area contributed by atoms with Gasteiger partial charge >= 0.3 is 5.97 Å². The highest BCUT2D eigenvalue weighted by Crippen LogP contribution is 2.24. The van der Waals surface area contributed by atoms with Crippen molar-refractivity contribution in [1.82, 2.24) is 14.7 Å². The second-order valence-electron chi connectivity index (χ2n) is 5.19. The molecule has 2 aromatic rings. The molecule has 7 heteroatoms. The van der Waals surface area contributed by atoms with Crippen molar-refractivity contribution in [2.24, 2.45) is 7.05 Å². The van der Waals surface area contributed by atoms with Gasteiger partial charge in [0, 0.05) is 29.7 Å². The number of nitrogens with zero attached hydrogens (tertiary/aromatic N) is 3. The summed E-state index contributed by atoms with van der Waals surface area (Å²) in [5, 5.41) is 13.7. The maximum Gasteiger partial charge on any atom is 0.356 e. The van der Waals surface area contributed by atoms with Gasteiger partial charge in [0.15, 0.2) is 5.69 Å². The van der Waals surface area contributed by atoms with Crippen molar-refractivity contribution in [3.8, 4) is 0 Å². The predicted molar refractivity (Wildman–Crippen MR) is 80.1 cm³/mol. The van der Waals surface area contributed by atoms with Crippen LogP contribution in [0.1, 0.15) is 32.1 Å². The van der Waals surface area contributed by atoms with Crippen LogP contribution < -0.4 is 0 Å². The number of aryl methyl sites for hydroxylation is 1. The van der Waals surface area contributed by atoms with Gasteiger partial charge in [0.05, 0.1) is 12.2 Å². The molecule has 0 aliphatic carbocycles. The predicted octanol–water partition coefficient (Wildman–Crippen LogP) is 1.97. The minimum atomic E-state index is -1.04. The van der Waals surface area contributed by atoms with Gasteiger partial charge in [-0.1, -0.05) is 17.7 Å². The number of carbonyl (C=O) groups is 2. The van der Waals surface area contributed by atoms with Crippen LogP contribution in [0.4, 0.5) is 0 Å². The van der Waals surface area contributed by atoms with Crippen LogP contribution in [0.3, 0.4) is 0 Å². The number of benzene rings is 1. The fraction of sp³-hybridized carbons (Fsp3) is 0.267. The average molecular weight is 320 g/mol. The van der Waals surface area contributed by atoms with Crippen molar-refractivity contribution < 1.29 is 14.7 Å². The third-order valence-electron chi connectivity index (χ3n) is 3.81. The Balaban J connectivity index is 1.88. The van der Waals surface area contributed by atoms with Gasteiger partial charge in [0.1, 0.15) is 0 Å². The van der Waals surface area contributed by atoms with Crippen molar-refractivity contribution in [1.29, 1.82) is 0 Å². The molecule has 3 rings (SSSR count). The summed E-state index contributed by atoms with van der Waals surface area (Å²) in [6, 6.07) is 6.80. The van der Waals surface area contributed by atoms with Gasteiger partial charge in [-0.15, -0.1) is 0 Å². The molecular formula is C15H14ClN3O3. The highest BCUT2D eigenvalue weighted by Gasteiger charge is 2.29. The van der Waals surface area contributed by atoms with Crippen LogP contribution in [0.15, 0.2) is 24.3 Å². The lowest BCUT2D eigenvalue weighted by Crippen LogP contribution is -2.36. The molecule has 0 saturated heterocycles. The Kier molecular flexibility index (Phi) is 3.62. The number of fused-ring (bicyclic) bond motifs is 1. The van der Waals surface area contributed by atoms with E-state index >= 15 is 0 Å². The summed E-state index contributed by atoms with van der Waals surface area (Å²) in [5.74, 6) is -1.15. The summed E-state index contributed by atoms with van der Waals surface area (Å²) in [6.07, 6.45) is 0.483. The van der Waals surface area contributed by atoms with E-state index < -0.39 is 5.97 Å². The molecule has 2 heterocycles. The average Bonchev–Trinajstić information content (AvgIpc) is 2.83. The van der Waals surface area contributed by atoms with E-state index in [0.717, 1.165) is 5.69 Å². The lowest BCUT2D eigenvalue weighted by atomic mass is 10.0. The fourth-order valence-electron chi connectivity index (χ4n) is 2.72. The van der Waals surface area contributed by atoms with E-state index in [1.165, 1.54) is 4.68 Å². The Morgan fingerprint density at radius 1 is 1.36 bits per heavy atom. The van der Waals surface area contributed by atoms with Crippen molar-refractivity contribution in [3.05, 3.63) is 51.8 Å². The maximum absolute atomic E-state index is 12.5. The van der Waals surface area contributed by atoms with E-state index in [-0.39, 0.29) is 11.6 Å². The zero-order valence-corrected chi connectivity index (χ0v) is 12.7. The molecule has 0 bridgehead atoms. The number of carboxylic acid groups (broad SMARTS) is 1. The summed E-state index contributed by atoms with van der Waals surface area (Å²) in [6.45, 7) is 0.807. The van der Waals surface area contributed by atoms with Crippen LogP contribution in [0.5, 0.6) is 0 Å². The highest BCUT2D eigenvalue weighted by molar-refractivity contribution is 6.30. The van der Waals surface area contributed by atoms with Gasteiger partial charge in [-0.25, -0.2) is 4.79 Å². The van der Waals surface area contributed by atoms with E-state index in [1.807, 2.05) is 0 Å². The molecule has 0 spiro atoms. The number of aromatic carboxylic acids is 1. The maximum atomic E-state index is 12.5. The number of aromatic nitrogens is 2. The number of carboxylic acids is 1. The van der Waals surface area contributed by atoms with Crippen molar-refractivity contribution >= 4 is 23.5 Å². The smallest absolute Gasteiger partial charge is 0.356 e. The number of rotatable bonds is 2. The van der Waals surface area contributed by atoms with Crippen LogP contribution in [-0.4, -0.2) is 38.2 Å². The van der Waals surface area contributed by atoms with Gasteiger partial charge in [0.2, 0.25) is 0 Å². The fourth-order valence-corrected chi connectivity index (χ4v) is 2.91. The molecule has 1 aliphatic rings. The molecule has 0 unspecified atom stereocenters. The molecule has 1 aromatic carbocycles. The van der Waals surface area contributed by atoms with Crippen molar-refractivity contribution in [2.45, 2.75) is 13.0 Å². The number of hydrogen-bond donors (Lipinski definition) is 1. The van der Waals surface area contributed by atoms with Crippen LogP contribution in [0.25, 0.3) is 0 Å². The summed E-state index contributed by atoms with van der Waals surface area (Å²) in [4.78, 5) is 25.4. The number of hydrogen-bond acceptors (Lipinski definition) is 3. The largest absolute Gasteiger partial charge is 0.476 e. The molecule has 0 radical (unpaired) electrons. The first kappa shape index (κ1) is 14.6. The number of halogens is 1. The SMILES string of the molecule is Cn1nc(C(=O)O)c2c1CN(C(=O)c1cccc(Cl)c1)CC2. The molecule has 22 heavy (non-hydrogen) atoms. The lowest BCUT2D eigenvalue weighted by molar-refractivity contribution is 0.0688. The van der Waals surface area contributed by atoms with E-state index in [4.69, 9.17) is 16.7 Å². The summed E-state index contributed by atoms with van der Waals surface area (Å²) >= 11 is 5.92. The monoisotopic (exact) mass is 319 g/mol. The lowest BCUT2D eigenvalue weighted by Gasteiger charge is -2.27. The minimum absolute atomic E-state index is 0.0763. The molecule has 1 N–H and O–H groups in total. The second-order valence-corrected chi connectivity index (χ2v) is 5.63. The van der Waals surface area contributed by atoms with Gasteiger partial charge in [-0.2, -0.15) is 5.10 Å². The summed E-state index contributed by atoms with van der Waals surface area (Å²) in [7, 11) is 1.69. The third-order valence-corrected chi connectivity index (χ3v) is 4.04. The minimum Gasteiger partial charge on any atom is -0.476 e. The van der Waals surface area contributed by atoms with Gasteiger partial charge < -0.3 is 10.0 Å². The zero-order chi connectivity index (χ0) is 15.9. The first-order chi connectivity index (χ1) is 10.5. The van der Waals surface area contributed by atoms with Gasteiger partial charge in [-0.05, 0) is 24.6 Å². The van der Waals surface area contributed by atoms with Gasteiger partial charge in [-0.3, -0.25) is 9.48 Å². The van der Waals surface area contributed by atoms with Crippen LogP contribution in [0, 0.1) is 0 Å². The van der Waals surface area contributed by atoms with Crippen LogP contribution in [-0.2, 0) is 20.0 Å². The van der Waals surface area contributed by atoms with E-state index in [2.05, 4.69) is 5.10 Å². The number of carbonyl (C=O) groups excluding carboxylic acids is 1. The van der Waals surface area contributed by atoms with E-state index in [1.54, 1.807) is 36.2 Å². The molecule has 0 saturated carbocycles. The van der Waals surface area contributed by atoms with Crippen LogP contribution >= 0.6 is 11.6 Å². The zero-order valence-electron chi connectivity index (χ0n) is 11.9. The summed E-state index contributed by atoms with van der Waals surface area (Å²) < 4.78 is 1.54. The topological polar surface area (TPSA) is 75.4 Å². The highest BCUT2D eigenvalue weighted by atomic mass is 35.5. The molecule has 1 aromatic heterocycles. The molecule has 6 nitrogen and oxygen atoms in total. The molecule has 1 aliphatic heterocycles. The van der Waals surface area contributed by atoms with Crippen LogP contribution in [0.2, 0.25) is 5.02 Å². The number of amides is 1. The Hall–Kier alpha value is -2.34. The first-order valence-electron chi connectivity index (χ1n) is 6.80. The molecule has 1 amide bonds. The van der Waals surface area contributed by atoms with Crippen molar-refractivity contribution in [2.75, 3.05) is 6.54 Å². The standard InChI is InChI=1S/C15H14ClN3O3/c1-18-12-8-19(6-5-11(12)13(17-18)15(21)22)14(20)9-3-2-4-10(16)7-9/h2-4,7H,5-6,8H2,1H3,(H,21,22). The molecule has 0 atom stereocenters. The van der Waals surface area contributed by atoms with E-state index in [9.17, 15) is 9.59 Å². The van der Waals surface area contributed by atoms with Crippen molar-refractivity contribution in [3.63, 3.8) is 0 Å². The Morgan fingerprint density at radius 2 is 2.14 bits per heavy atom. The third kappa shape index (κ3) is 2.46. The Labute approximate surface area is 131 Å². The van der Waals surface area contributed by atoms with Gasteiger partial charge in [0.25, 0.3) is 5.91 Å². The Morgan fingerprint density at radius 3 is 2.82 bits per heavy atom. The summed E-state index contributed by atoms with van der Waals surface area (Å²) in [5.41, 5.74) is 2.08. The molecular weight excluding hydrogens is 306 g/mol. The first-order valence-corrected chi connectivity index (χ1v) is 7.18. The normalized spacial score (nSPS) is 13.8. The molecule has 0 fully saturated rings.